The van der Waals surface area contributed by atoms with E-state index >= 15 is 0 Å². The molecule has 0 spiro atoms. The van der Waals surface area contributed by atoms with Crippen LogP contribution in [0.4, 0.5) is 0 Å². The van der Waals surface area contributed by atoms with Crippen LogP contribution < -0.4 is 5.32 Å². The molecule has 1 aromatic rings. The fourth-order valence-electron chi connectivity index (χ4n) is 3.06. The minimum Gasteiger partial charge on any atom is -0.344 e. The van der Waals surface area contributed by atoms with E-state index < -0.39 is 0 Å². The van der Waals surface area contributed by atoms with Crippen molar-refractivity contribution < 1.29 is 11.0 Å². The molecule has 0 radical (unpaired) electrons. The fourth-order valence-corrected chi connectivity index (χ4v) is 3.06. The van der Waals surface area contributed by atoms with Gasteiger partial charge in [-0.1, -0.05) is 91.1 Å². The van der Waals surface area contributed by atoms with E-state index in [-0.39, 0.29) is 25.6 Å². The molecule has 182 valence electrons. The Bertz CT molecular complexity index is 737. The first kappa shape index (κ1) is 29.8. The van der Waals surface area contributed by atoms with Gasteiger partial charge in [0, 0.05) is 7.14 Å². The molecule has 0 saturated carbocycles. The van der Waals surface area contributed by atoms with Gasteiger partial charge in [-0.25, -0.2) is 4.99 Å². The highest BCUT2D eigenvalue weighted by Gasteiger charge is 2.19. The zero-order valence-corrected chi connectivity index (χ0v) is 21.8. The molecule has 1 amide bonds. The Morgan fingerprint density at radius 2 is 1.56 bits per heavy atom. The second kappa shape index (κ2) is 17.3. The molecular formula is C28H48N2O2. The van der Waals surface area contributed by atoms with Crippen molar-refractivity contribution in [3.8, 4) is 0 Å². The minimum absolute atomic E-state index is 0. The van der Waals surface area contributed by atoms with Crippen molar-refractivity contribution in [2.75, 3.05) is 6.54 Å². The normalized spacial score (nSPS) is 13.1. The molecule has 0 aliphatic carbocycles. The Balaban J connectivity index is 0. The number of allylic oxidation sites excluding steroid dienone is 1. The van der Waals surface area contributed by atoms with Crippen LogP contribution in [0.15, 0.2) is 46.6 Å². The zero-order valence-electron chi connectivity index (χ0n) is 21.8. The number of nitrogens with one attached hydrogen (secondary N) is 1. The van der Waals surface area contributed by atoms with Gasteiger partial charge >= 0.3 is 0 Å². The van der Waals surface area contributed by atoms with Gasteiger partial charge in [0.1, 0.15) is 11.5 Å². The summed E-state index contributed by atoms with van der Waals surface area (Å²) < 4.78 is 0. The van der Waals surface area contributed by atoms with Crippen LogP contribution in [0.3, 0.4) is 0 Å². The minimum atomic E-state index is -0.253. The number of carbonyl (C=O) groups is 2. The van der Waals surface area contributed by atoms with Gasteiger partial charge in [0.05, 0.1) is 6.54 Å². The first-order valence-electron chi connectivity index (χ1n) is 12.2. The summed E-state index contributed by atoms with van der Waals surface area (Å²) in [6.07, 6.45) is 6.40. The van der Waals surface area contributed by atoms with Crippen molar-refractivity contribution in [3.63, 3.8) is 0 Å². The largest absolute Gasteiger partial charge is 0.344 e. The van der Waals surface area contributed by atoms with Crippen molar-refractivity contribution in [1.29, 1.82) is 0 Å². The Morgan fingerprint density at radius 3 is 2.06 bits per heavy atom. The van der Waals surface area contributed by atoms with E-state index in [0.29, 0.717) is 5.70 Å². The molecule has 0 aliphatic heterocycles. The van der Waals surface area contributed by atoms with Crippen LogP contribution in [-0.2, 0) is 9.59 Å². The molecule has 0 aliphatic rings. The molecule has 0 heterocycles. The van der Waals surface area contributed by atoms with Gasteiger partial charge in [-0.3, -0.25) is 9.59 Å². The van der Waals surface area contributed by atoms with Crippen LogP contribution in [0.25, 0.3) is 0 Å². The molecular weight excluding hydrogens is 396 g/mol. The third-order valence-electron chi connectivity index (χ3n) is 5.00. The summed E-state index contributed by atoms with van der Waals surface area (Å²) in [5.74, 6) is 0.785. The van der Waals surface area contributed by atoms with Gasteiger partial charge in [0.15, 0.2) is 0 Å². The summed E-state index contributed by atoms with van der Waals surface area (Å²) in [5, 5.41) is 2.75. The van der Waals surface area contributed by atoms with E-state index in [0.717, 1.165) is 48.4 Å². The number of unbranched alkanes of at least 4 members (excludes halogenated alkanes) is 3. The molecule has 1 aromatic carbocycles. The molecule has 4 nitrogen and oxygen atoms in total. The number of ketones is 1. The quantitative estimate of drug-likeness (QED) is 0.208. The van der Waals surface area contributed by atoms with E-state index in [9.17, 15) is 9.59 Å². The van der Waals surface area contributed by atoms with Crippen LogP contribution in [0.1, 0.15) is 101 Å². The Hall–Kier alpha value is -2.23. The van der Waals surface area contributed by atoms with Crippen molar-refractivity contribution in [2.45, 2.75) is 93.9 Å². The number of aliphatic imine (C=N–C) groups is 1. The smallest absolute Gasteiger partial charge is 0.270 e. The van der Waals surface area contributed by atoms with Crippen LogP contribution >= 0.6 is 0 Å². The van der Waals surface area contributed by atoms with E-state index in [1.165, 1.54) is 19.8 Å². The zero-order chi connectivity index (χ0) is 24.5. The van der Waals surface area contributed by atoms with Gasteiger partial charge in [0.25, 0.3) is 5.91 Å². The summed E-state index contributed by atoms with van der Waals surface area (Å²) in [4.78, 5) is 29.1. The lowest BCUT2D eigenvalue weighted by Crippen LogP contribution is -2.30. The lowest BCUT2D eigenvalue weighted by atomic mass is 9.91. The average molecular weight is 445 g/mol. The predicted molar refractivity (Wildman–Crippen MR) is 140 cm³/mol. The van der Waals surface area contributed by atoms with Crippen molar-refractivity contribution in [2.24, 2.45) is 16.8 Å². The van der Waals surface area contributed by atoms with E-state index in [1.54, 1.807) is 0 Å². The molecule has 1 rings (SSSR count). The number of Topliss-reactive ketones (excluding diaryl/α,β-unsaturated/α-hetero) is 1. The Labute approximate surface area is 198 Å². The fraction of sp³-hybridized carbons (Fsp3) is 0.607. The summed E-state index contributed by atoms with van der Waals surface area (Å²) in [6.45, 7) is 16.4. The second-order valence-corrected chi connectivity index (χ2v) is 9.17. The van der Waals surface area contributed by atoms with Crippen LogP contribution in [0, 0.1) is 11.8 Å². The summed E-state index contributed by atoms with van der Waals surface area (Å²) >= 11 is 0. The summed E-state index contributed by atoms with van der Waals surface area (Å²) in [7, 11) is 0. The van der Waals surface area contributed by atoms with Crippen LogP contribution in [0.2, 0.25) is 0 Å². The maximum atomic E-state index is 12.9. The van der Waals surface area contributed by atoms with Gasteiger partial charge in [0.2, 0.25) is 0 Å². The maximum Gasteiger partial charge on any atom is 0.270 e. The Kier molecular flexibility index (Phi) is 16.1. The highest BCUT2D eigenvalue weighted by atomic mass is 16.2. The number of rotatable bonds is 12. The van der Waals surface area contributed by atoms with E-state index in [1.807, 2.05) is 37.3 Å². The SMILES string of the molecule is CC(C)C.CCCCCC/C(=C(/N=C(C)c1ccccc1)C(=O)NCC(C)=O)C(C)CC.[HH]. The first-order valence-corrected chi connectivity index (χ1v) is 12.2. The predicted octanol–water partition coefficient (Wildman–Crippen LogP) is 7.38. The van der Waals surface area contributed by atoms with Crippen molar-refractivity contribution in [3.05, 3.63) is 47.2 Å². The molecule has 0 fully saturated rings. The van der Waals surface area contributed by atoms with Gasteiger partial charge in [-0.05, 0) is 56.1 Å². The highest BCUT2D eigenvalue weighted by Crippen LogP contribution is 2.26. The lowest BCUT2D eigenvalue weighted by Gasteiger charge is -2.18. The number of nitrogens with zero attached hydrogens (tertiary/aromatic N) is 1. The van der Waals surface area contributed by atoms with Gasteiger partial charge < -0.3 is 5.32 Å². The third-order valence-corrected chi connectivity index (χ3v) is 5.00. The average Bonchev–Trinajstić information content (AvgIpc) is 2.76. The number of amides is 1. The first-order chi connectivity index (χ1) is 15.1. The lowest BCUT2D eigenvalue weighted by molar-refractivity contribution is -0.122. The number of hydrogen-bond acceptors (Lipinski definition) is 3. The molecule has 1 N–H and O–H groups in total. The number of carbonyl (C=O) groups excluding carboxylic acids is 2. The molecule has 0 aromatic heterocycles. The molecule has 0 saturated heterocycles. The summed E-state index contributed by atoms with van der Waals surface area (Å²) in [5.41, 5.74) is 3.38. The Morgan fingerprint density at radius 1 is 0.969 bits per heavy atom. The van der Waals surface area contributed by atoms with Crippen molar-refractivity contribution >= 4 is 17.4 Å². The second-order valence-electron chi connectivity index (χ2n) is 9.17. The molecule has 1 atom stereocenters. The standard InChI is InChI=1S/C24H36N2O2.C4H10.H2/c1-6-8-9-13-16-22(18(3)7-2)23(24(28)25-17-19(4)27)26-20(5)21-14-11-10-12-15-21;1-4(2)3;/h10-12,14-15,18H,6-9,13,16-17H2,1-5H3,(H,25,28);4H,1-3H3;1H/b23-22-,26-20?;;. The highest BCUT2D eigenvalue weighted by molar-refractivity contribution is 6.04. The number of hydrogen-bond donors (Lipinski definition) is 1. The van der Waals surface area contributed by atoms with Crippen molar-refractivity contribution in [1.82, 2.24) is 5.32 Å². The van der Waals surface area contributed by atoms with Crippen LogP contribution in [-0.4, -0.2) is 23.9 Å². The molecule has 1 unspecified atom stereocenters. The topological polar surface area (TPSA) is 58.5 Å². The van der Waals surface area contributed by atoms with Gasteiger partial charge in [-0.2, -0.15) is 0 Å². The monoisotopic (exact) mass is 444 g/mol. The van der Waals surface area contributed by atoms with Crippen LogP contribution in [0.5, 0.6) is 0 Å². The summed E-state index contributed by atoms with van der Waals surface area (Å²) in [6, 6.07) is 9.88. The third kappa shape index (κ3) is 13.2. The van der Waals surface area contributed by atoms with Gasteiger partial charge in [-0.15, -0.1) is 0 Å². The maximum absolute atomic E-state index is 12.9. The molecule has 32 heavy (non-hydrogen) atoms. The van der Waals surface area contributed by atoms with E-state index in [4.69, 9.17) is 4.99 Å². The molecule has 0 bridgehead atoms. The van der Waals surface area contributed by atoms with E-state index in [2.05, 4.69) is 46.9 Å². The molecule has 4 heteroatoms. The number of benzene rings is 1.